The molecular weight excluding hydrogens is 188 g/mol. The third-order valence-electron chi connectivity index (χ3n) is 2.31. The van der Waals surface area contributed by atoms with Gasteiger partial charge in [0.05, 0.1) is 0 Å². The molecule has 0 aliphatic rings. The van der Waals surface area contributed by atoms with Crippen molar-refractivity contribution in [2.45, 2.75) is 33.2 Å². The van der Waals surface area contributed by atoms with Gasteiger partial charge in [-0.15, -0.1) is 0 Å². The fourth-order valence-corrected chi connectivity index (χ4v) is 1.34. The van der Waals surface area contributed by atoms with Gasteiger partial charge in [-0.3, -0.25) is 4.79 Å². The number of nitrogens with zero attached hydrogens (tertiary/aromatic N) is 1. The van der Waals surface area contributed by atoms with Crippen LogP contribution in [0.3, 0.4) is 0 Å². The SMILES string of the molecule is CC(C)CCNC(=O)CCn1cccc1. The van der Waals surface area contributed by atoms with Crippen molar-refractivity contribution in [3.63, 3.8) is 0 Å². The third kappa shape index (κ3) is 5.25. The van der Waals surface area contributed by atoms with Crippen LogP contribution in [0.15, 0.2) is 24.5 Å². The zero-order valence-corrected chi connectivity index (χ0v) is 9.57. The Hall–Kier alpha value is -1.25. The maximum atomic E-state index is 11.4. The van der Waals surface area contributed by atoms with Crippen molar-refractivity contribution in [1.82, 2.24) is 9.88 Å². The first-order valence-electron chi connectivity index (χ1n) is 5.56. The van der Waals surface area contributed by atoms with Crippen LogP contribution in [0.4, 0.5) is 0 Å². The van der Waals surface area contributed by atoms with Crippen molar-refractivity contribution < 1.29 is 4.79 Å². The number of amides is 1. The summed E-state index contributed by atoms with van der Waals surface area (Å²) in [5.74, 6) is 0.791. The monoisotopic (exact) mass is 208 g/mol. The van der Waals surface area contributed by atoms with E-state index in [1.54, 1.807) is 0 Å². The predicted molar refractivity (Wildman–Crippen MR) is 61.5 cm³/mol. The Morgan fingerprint density at radius 2 is 2.00 bits per heavy atom. The molecule has 1 aromatic rings. The van der Waals surface area contributed by atoms with Crippen LogP contribution >= 0.6 is 0 Å². The van der Waals surface area contributed by atoms with Gasteiger partial charge in [-0.05, 0) is 24.5 Å². The summed E-state index contributed by atoms with van der Waals surface area (Å²) in [5.41, 5.74) is 0. The van der Waals surface area contributed by atoms with Crippen LogP contribution in [-0.2, 0) is 11.3 Å². The highest BCUT2D eigenvalue weighted by Gasteiger charge is 2.01. The van der Waals surface area contributed by atoms with Gasteiger partial charge in [-0.1, -0.05) is 13.8 Å². The van der Waals surface area contributed by atoms with E-state index in [0.717, 1.165) is 19.5 Å². The number of aromatic nitrogens is 1. The standard InChI is InChI=1S/C12H20N2O/c1-11(2)5-7-13-12(15)6-10-14-8-3-4-9-14/h3-4,8-9,11H,5-7,10H2,1-2H3,(H,13,15). The van der Waals surface area contributed by atoms with Gasteiger partial charge in [-0.25, -0.2) is 0 Å². The van der Waals surface area contributed by atoms with Crippen molar-refractivity contribution in [2.75, 3.05) is 6.54 Å². The quantitative estimate of drug-likeness (QED) is 0.762. The molecule has 84 valence electrons. The van der Waals surface area contributed by atoms with Crippen molar-refractivity contribution in [3.8, 4) is 0 Å². The molecule has 0 aromatic carbocycles. The highest BCUT2D eigenvalue weighted by molar-refractivity contribution is 5.75. The van der Waals surface area contributed by atoms with Crippen molar-refractivity contribution in [2.24, 2.45) is 5.92 Å². The lowest BCUT2D eigenvalue weighted by atomic mass is 10.1. The molecule has 1 amide bonds. The molecule has 1 rings (SSSR count). The molecule has 0 radical (unpaired) electrons. The molecule has 0 atom stereocenters. The average Bonchev–Trinajstić information content (AvgIpc) is 2.66. The lowest BCUT2D eigenvalue weighted by molar-refractivity contribution is -0.121. The second-order valence-corrected chi connectivity index (χ2v) is 4.20. The Bertz CT molecular complexity index is 278. The number of hydrogen-bond donors (Lipinski definition) is 1. The van der Waals surface area contributed by atoms with Gasteiger partial charge in [-0.2, -0.15) is 0 Å². The number of carbonyl (C=O) groups is 1. The summed E-state index contributed by atoms with van der Waals surface area (Å²) >= 11 is 0. The van der Waals surface area contributed by atoms with E-state index in [1.165, 1.54) is 0 Å². The second kappa shape index (κ2) is 6.27. The fraction of sp³-hybridized carbons (Fsp3) is 0.583. The van der Waals surface area contributed by atoms with Gasteiger partial charge < -0.3 is 9.88 Å². The highest BCUT2D eigenvalue weighted by atomic mass is 16.1. The summed E-state index contributed by atoms with van der Waals surface area (Å²) in [5, 5.41) is 2.92. The van der Waals surface area contributed by atoms with E-state index >= 15 is 0 Å². The molecule has 3 heteroatoms. The van der Waals surface area contributed by atoms with Crippen LogP contribution in [0.25, 0.3) is 0 Å². The minimum atomic E-state index is 0.143. The molecule has 0 saturated heterocycles. The number of aryl methyl sites for hydroxylation is 1. The molecule has 0 bridgehead atoms. The molecular formula is C12H20N2O. The zero-order valence-electron chi connectivity index (χ0n) is 9.57. The molecule has 1 aromatic heterocycles. The number of hydrogen-bond acceptors (Lipinski definition) is 1. The molecule has 1 N–H and O–H groups in total. The summed E-state index contributed by atoms with van der Waals surface area (Å²) in [7, 11) is 0. The Morgan fingerprint density at radius 3 is 2.60 bits per heavy atom. The van der Waals surface area contributed by atoms with E-state index in [1.807, 2.05) is 29.1 Å². The van der Waals surface area contributed by atoms with Crippen LogP contribution < -0.4 is 5.32 Å². The van der Waals surface area contributed by atoms with E-state index in [2.05, 4.69) is 19.2 Å². The smallest absolute Gasteiger partial charge is 0.221 e. The molecule has 15 heavy (non-hydrogen) atoms. The molecule has 0 fully saturated rings. The van der Waals surface area contributed by atoms with E-state index in [4.69, 9.17) is 0 Å². The van der Waals surface area contributed by atoms with Gasteiger partial charge in [0, 0.05) is 31.9 Å². The van der Waals surface area contributed by atoms with Gasteiger partial charge in [0.25, 0.3) is 0 Å². The van der Waals surface area contributed by atoms with Crippen molar-refractivity contribution in [3.05, 3.63) is 24.5 Å². The lowest BCUT2D eigenvalue weighted by Crippen LogP contribution is -2.26. The normalized spacial score (nSPS) is 10.6. The Labute approximate surface area is 91.5 Å². The largest absolute Gasteiger partial charge is 0.356 e. The second-order valence-electron chi connectivity index (χ2n) is 4.20. The Kier molecular flexibility index (Phi) is 4.95. The molecule has 0 saturated carbocycles. The third-order valence-corrected chi connectivity index (χ3v) is 2.31. The summed E-state index contributed by atoms with van der Waals surface area (Å²) < 4.78 is 2.02. The van der Waals surface area contributed by atoms with Gasteiger partial charge >= 0.3 is 0 Å². The highest BCUT2D eigenvalue weighted by Crippen LogP contribution is 1.97. The van der Waals surface area contributed by atoms with E-state index in [9.17, 15) is 4.79 Å². The van der Waals surface area contributed by atoms with Crippen LogP contribution in [0.2, 0.25) is 0 Å². The maximum Gasteiger partial charge on any atom is 0.221 e. The first-order valence-corrected chi connectivity index (χ1v) is 5.56. The first kappa shape index (κ1) is 11.8. The summed E-state index contributed by atoms with van der Waals surface area (Å²) in [4.78, 5) is 11.4. The Balaban J connectivity index is 2.09. The lowest BCUT2D eigenvalue weighted by Gasteiger charge is -2.07. The van der Waals surface area contributed by atoms with Crippen LogP contribution in [0.5, 0.6) is 0 Å². The first-order chi connectivity index (χ1) is 7.18. The van der Waals surface area contributed by atoms with E-state index in [-0.39, 0.29) is 5.91 Å². The maximum absolute atomic E-state index is 11.4. The van der Waals surface area contributed by atoms with Crippen molar-refractivity contribution >= 4 is 5.91 Å². The minimum Gasteiger partial charge on any atom is -0.356 e. The van der Waals surface area contributed by atoms with Gasteiger partial charge in [0.1, 0.15) is 0 Å². The topological polar surface area (TPSA) is 34.0 Å². The molecule has 1 heterocycles. The molecule has 0 aliphatic heterocycles. The Morgan fingerprint density at radius 1 is 1.33 bits per heavy atom. The molecule has 0 aliphatic carbocycles. The average molecular weight is 208 g/mol. The fourth-order valence-electron chi connectivity index (χ4n) is 1.34. The zero-order chi connectivity index (χ0) is 11.1. The number of carbonyl (C=O) groups excluding carboxylic acids is 1. The number of nitrogens with one attached hydrogen (secondary N) is 1. The van der Waals surface area contributed by atoms with Crippen LogP contribution in [0.1, 0.15) is 26.7 Å². The van der Waals surface area contributed by atoms with E-state index < -0.39 is 0 Å². The summed E-state index contributed by atoms with van der Waals surface area (Å²) in [6.07, 6.45) is 5.56. The molecule has 3 nitrogen and oxygen atoms in total. The summed E-state index contributed by atoms with van der Waals surface area (Å²) in [6.45, 7) is 5.88. The molecule has 0 spiro atoms. The van der Waals surface area contributed by atoms with Crippen molar-refractivity contribution in [1.29, 1.82) is 0 Å². The van der Waals surface area contributed by atoms with Crippen LogP contribution in [-0.4, -0.2) is 17.0 Å². The minimum absolute atomic E-state index is 0.143. The molecule has 0 unspecified atom stereocenters. The van der Waals surface area contributed by atoms with Crippen LogP contribution in [0, 0.1) is 5.92 Å². The van der Waals surface area contributed by atoms with E-state index in [0.29, 0.717) is 12.3 Å². The predicted octanol–water partition coefficient (Wildman–Crippen LogP) is 2.04. The summed E-state index contributed by atoms with van der Waals surface area (Å²) in [6, 6.07) is 3.94. The van der Waals surface area contributed by atoms with Gasteiger partial charge in [0.2, 0.25) is 5.91 Å². The number of rotatable bonds is 6. The van der Waals surface area contributed by atoms with Gasteiger partial charge in [0.15, 0.2) is 0 Å².